The average Bonchev–Trinajstić information content (AvgIpc) is 2.05. The van der Waals surface area contributed by atoms with Crippen LogP contribution >= 0.6 is 0 Å². The third-order valence-corrected chi connectivity index (χ3v) is 1.27. The molecule has 0 aromatic heterocycles. The maximum Gasteiger partial charge on any atom is 0.102 e. The first-order valence-electron chi connectivity index (χ1n) is 3.50. The van der Waals surface area contributed by atoms with Crippen LogP contribution in [0.15, 0.2) is 36.5 Å². The molecule has 0 fully saturated rings. The van der Waals surface area contributed by atoms with Crippen LogP contribution in [-0.2, 0) is 0 Å². The highest BCUT2D eigenvalue weighted by Crippen LogP contribution is 2.02. The fourth-order valence-corrected chi connectivity index (χ4v) is 0.628. The third kappa shape index (κ3) is 3.75. The van der Waals surface area contributed by atoms with E-state index in [1.165, 1.54) is 6.08 Å². The smallest absolute Gasteiger partial charge is 0.102 e. The molecule has 1 atom stereocenters. The Hall–Kier alpha value is -0.860. The van der Waals surface area contributed by atoms with E-state index >= 15 is 0 Å². The Morgan fingerprint density at radius 2 is 2.27 bits per heavy atom. The molecule has 2 heteroatoms. The van der Waals surface area contributed by atoms with Gasteiger partial charge in [0.1, 0.15) is 6.10 Å². The van der Waals surface area contributed by atoms with Gasteiger partial charge in [-0.25, -0.2) is 0 Å². The Kier molecular flexibility index (Phi) is 5.43. The summed E-state index contributed by atoms with van der Waals surface area (Å²) in [5.74, 6) is 0. The molecule has 0 amide bonds. The Bertz CT molecular complexity index is 168. The molecule has 0 rings (SSSR count). The van der Waals surface area contributed by atoms with Crippen molar-refractivity contribution in [1.82, 2.24) is 0 Å². The van der Waals surface area contributed by atoms with E-state index in [2.05, 4.69) is 6.58 Å². The molecule has 62 valence electrons. The largest absolute Gasteiger partial charge is 0.393 e. The monoisotopic (exact) mass is 154 g/mol. The molecule has 0 saturated heterocycles. The molecular weight excluding hydrogens is 140 g/mol. The summed E-state index contributed by atoms with van der Waals surface area (Å²) in [4.78, 5) is 0. The van der Waals surface area contributed by atoms with Crippen molar-refractivity contribution in [2.45, 2.75) is 13.0 Å². The molecule has 0 aliphatic rings. The van der Waals surface area contributed by atoms with Gasteiger partial charge in [-0.05, 0) is 12.5 Å². The number of allylic oxidation sites excluding steroid dienone is 3. The minimum Gasteiger partial charge on any atom is -0.393 e. The molecule has 2 nitrogen and oxygen atoms in total. The predicted octanol–water partition coefficient (Wildman–Crippen LogP) is 1.03. The van der Waals surface area contributed by atoms with Crippen LogP contribution in [0.1, 0.15) is 6.92 Å². The SMILES string of the molecule is C=C/C(=C\C=C/C)C(O)CO. The summed E-state index contributed by atoms with van der Waals surface area (Å²) in [6.45, 7) is 5.12. The van der Waals surface area contributed by atoms with Crippen molar-refractivity contribution in [3.8, 4) is 0 Å². The molecule has 0 aliphatic carbocycles. The third-order valence-electron chi connectivity index (χ3n) is 1.27. The van der Waals surface area contributed by atoms with Gasteiger partial charge in [-0.1, -0.05) is 30.9 Å². The summed E-state index contributed by atoms with van der Waals surface area (Å²) in [7, 11) is 0. The molecular formula is C9H14O2. The Morgan fingerprint density at radius 3 is 2.64 bits per heavy atom. The fraction of sp³-hybridized carbons (Fsp3) is 0.333. The molecule has 0 radical (unpaired) electrons. The lowest BCUT2D eigenvalue weighted by Gasteiger charge is -2.06. The van der Waals surface area contributed by atoms with Crippen LogP contribution in [0.25, 0.3) is 0 Å². The van der Waals surface area contributed by atoms with Crippen molar-refractivity contribution in [3.05, 3.63) is 36.5 Å². The topological polar surface area (TPSA) is 40.5 Å². The molecule has 0 aromatic rings. The molecule has 1 unspecified atom stereocenters. The van der Waals surface area contributed by atoms with E-state index in [4.69, 9.17) is 10.2 Å². The minimum atomic E-state index is -0.816. The fourth-order valence-electron chi connectivity index (χ4n) is 0.628. The van der Waals surface area contributed by atoms with Crippen molar-refractivity contribution in [2.24, 2.45) is 0 Å². The van der Waals surface area contributed by atoms with E-state index < -0.39 is 6.10 Å². The van der Waals surface area contributed by atoms with Crippen molar-refractivity contribution in [3.63, 3.8) is 0 Å². The number of hydrogen-bond acceptors (Lipinski definition) is 2. The highest BCUT2D eigenvalue weighted by molar-refractivity contribution is 5.25. The number of aliphatic hydroxyl groups excluding tert-OH is 2. The van der Waals surface area contributed by atoms with Crippen molar-refractivity contribution in [1.29, 1.82) is 0 Å². The second-order valence-electron chi connectivity index (χ2n) is 2.09. The standard InChI is InChI=1S/C9H14O2/c1-3-5-6-8(4-2)9(11)7-10/h3-6,9-11H,2,7H2,1H3/b5-3-,8-6+. The molecule has 0 saturated carbocycles. The molecule has 0 spiro atoms. The molecule has 0 aromatic carbocycles. The number of rotatable bonds is 4. The summed E-state index contributed by atoms with van der Waals surface area (Å²) in [6, 6.07) is 0. The van der Waals surface area contributed by atoms with Crippen molar-refractivity contribution < 1.29 is 10.2 Å². The van der Waals surface area contributed by atoms with Crippen LogP contribution in [-0.4, -0.2) is 22.9 Å². The van der Waals surface area contributed by atoms with Crippen LogP contribution in [0.5, 0.6) is 0 Å². The lowest BCUT2D eigenvalue weighted by atomic mass is 10.1. The first-order chi connectivity index (χ1) is 5.26. The maximum absolute atomic E-state index is 9.12. The average molecular weight is 154 g/mol. The highest BCUT2D eigenvalue weighted by Gasteiger charge is 2.03. The van der Waals surface area contributed by atoms with E-state index in [0.717, 1.165) is 0 Å². The summed E-state index contributed by atoms with van der Waals surface area (Å²) >= 11 is 0. The zero-order valence-electron chi connectivity index (χ0n) is 6.70. The maximum atomic E-state index is 9.12. The normalized spacial score (nSPS) is 15.4. The molecule has 0 bridgehead atoms. The zero-order valence-corrected chi connectivity index (χ0v) is 6.70. The van der Waals surface area contributed by atoms with E-state index in [1.807, 2.05) is 13.0 Å². The molecule has 2 N–H and O–H groups in total. The first kappa shape index (κ1) is 10.1. The minimum absolute atomic E-state index is 0.268. The predicted molar refractivity (Wildman–Crippen MR) is 46.2 cm³/mol. The molecule has 11 heavy (non-hydrogen) atoms. The molecule has 0 aliphatic heterocycles. The Labute approximate surface area is 67.2 Å². The quantitative estimate of drug-likeness (QED) is 0.594. The van der Waals surface area contributed by atoms with Crippen LogP contribution < -0.4 is 0 Å². The zero-order chi connectivity index (χ0) is 8.69. The van der Waals surface area contributed by atoms with E-state index in [0.29, 0.717) is 5.57 Å². The number of aliphatic hydroxyl groups is 2. The van der Waals surface area contributed by atoms with Gasteiger partial charge in [0.05, 0.1) is 6.61 Å². The van der Waals surface area contributed by atoms with Crippen molar-refractivity contribution >= 4 is 0 Å². The lowest BCUT2D eigenvalue weighted by Crippen LogP contribution is -2.13. The van der Waals surface area contributed by atoms with Gasteiger partial charge < -0.3 is 10.2 Å². The summed E-state index contributed by atoms with van der Waals surface area (Å²) in [5.41, 5.74) is 0.630. The second-order valence-corrected chi connectivity index (χ2v) is 2.09. The first-order valence-corrected chi connectivity index (χ1v) is 3.50. The van der Waals surface area contributed by atoms with Crippen LogP contribution in [0.3, 0.4) is 0 Å². The van der Waals surface area contributed by atoms with Crippen LogP contribution in [0.2, 0.25) is 0 Å². The molecule has 0 heterocycles. The lowest BCUT2D eigenvalue weighted by molar-refractivity contribution is 0.125. The van der Waals surface area contributed by atoms with Gasteiger partial charge in [0, 0.05) is 0 Å². The van der Waals surface area contributed by atoms with Gasteiger partial charge in [-0.15, -0.1) is 0 Å². The van der Waals surface area contributed by atoms with Gasteiger partial charge >= 0.3 is 0 Å². The van der Waals surface area contributed by atoms with Crippen molar-refractivity contribution in [2.75, 3.05) is 6.61 Å². The Morgan fingerprint density at radius 1 is 1.64 bits per heavy atom. The second kappa shape index (κ2) is 5.89. The van der Waals surface area contributed by atoms with Gasteiger partial charge in [-0.2, -0.15) is 0 Å². The van der Waals surface area contributed by atoms with Gasteiger partial charge in [-0.3, -0.25) is 0 Å². The van der Waals surface area contributed by atoms with E-state index in [1.54, 1.807) is 12.2 Å². The summed E-state index contributed by atoms with van der Waals surface area (Å²) in [5, 5.41) is 17.7. The highest BCUT2D eigenvalue weighted by atomic mass is 16.3. The van der Waals surface area contributed by atoms with Gasteiger partial charge in [0.15, 0.2) is 0 Å². The number of hydrogen-bond donors (Lipinski definition) is 2. The van der Waals surface area contributed by atoms with Gasteiger partial charge in [0.2, 0.25) is 0 Å². The Balaban J connectivity index is 4.25. The van der Waals surface area contributed by atoms with Crippen LogP contribution in [0.4, 0.5) is 0 Å². The summed E-state index contributed by atoms with van der Waals surface area (Å²) in [6.07, 6.45) is 6.06. The van der Waals surface area contributed by atoms with E-state index in [9.17, 15) is 0 Å². The summed E-state index contributed by atoms with van der Waals surface area (Å²) < 4.78 is 0. The van der Waals surface area contributed by atoms with Crippen LogP contribution in [0, 0.1) is 0 Å². The van der Waals surface area contributed by atoms with E-state index in [-0.39, 0.29) is 6.61 Å². The van der Waals surface area contributed by atoms with Gasteiger partial charge in [0.25, 0.3) is 0 Å².